The third-order valence-electron chi connectivity index (χ3n) is 2.31. The summed E-state index contributed by atoms with van der Waals surface area (Å²) in [5.41, 5.74) is 1.20. The van der Waals surface area contributed by atoms with E-state index in [2.05, 4.69) is 37.2 Å². The smallest absolute Gasteiger partial charge is 0.257 e. The highest BCUT2D eigenvalue weighted by Crippen LogP contribution is 2.33. The van der Waals surface area contributed by atoms with Crippen LogP contribution in [-0.2, 0) is 0 Å². The maximum Gasteiger partial charge on any atom is 0.257 e. The van der Waals surface area contributed by atoms with Crippen molar-refractivity contribution in [2.24, 2.45) is 0 Å². The van der Waals surface area contributed by atoms with Gasteiger partial charge < -0.3 is 10.1 Å². The molecule has 0 aliphatic rings. The Morgan fingerprint density at radius 1 is 1.37 bits per heavy atom. The molecule has 0 atom stereocenters. The second-order valence-electron chi connectivity index (χ2n) is 3.54. The Labute approximate surface area is 136 Å². The summed E-state index contributed by atoms with van der Waals surface area (Å²) in [5.74, 6) is 0.322. The minimum atomic E-state index is -0.196. The van der Waals surface area contributed by atoms with Gasteiger partial charge in [0.2, 0.25) is 0 Å². The fourth-order valence-corrected chi connectivity index (χ4v) is 4.42. The van der Waals surface area contributed by atoms with Crippen LogP contribution in [0, 0.1) is 0 Å². The predicted octanol–water partition coefficient (Wildman–Crippen LogP) is 5.19. The van der Waals surface area contributed by atoms with Crippen molar-refractivity contribution >= 4 is 66.4 Å². The standard InChI is InChI=1S/C12H8Br2ClNO2S/c1-18-9-4-6(2-3-8(9)15)16-12(17)7-5-10(13)19-11(7)14/h2-5H,1H3,(H,16,17). The van der Waals surface area contributed by atoms with Gasteiger partial charge in [0.15, 0.2) is 0 Å². The number of carbonyl (C=O) groups is 1. The fourth-order valence-electron chi connectivity index (χ4n) is 1.43. The minimum absolute atomic E-state index is 0.196. The Bertz CT molecular complexity index is 630. The first kappa shape index (κ1) is 14.8. The van der Waals surface area contributed by atoms with Crippen molar-refractivity contribution in [2.75, 3.05) is 12.4 Å². The zero-order chi connectivity index (χ0) is 14.0. The van der Waals surface area contributed by atoms with Gasteiger partial charge in [-0.25, -0.2) is 0 Å². The van der Waals surface area contributed by atoms with Crippen LogP contribution >= 0.6 is 54.8 Å². The molecule has 1 amide bonds. The van der Waals surface area contributed by atoms with Crippen LogP contribution in [0.1, 0.15) is 10.4 Å². The quantitative estimate of drug-likeness (QED) is 0.735. The molecule has 1 aromatic heterocycles. The molecule has 100 valence electrons. The van der Waals surface area contributed by atoms with Gasteiger partial charge in [0.25, 0.3) is 5.91 Å². The molecule has 0 unspecified atom stereocenters. The molecule has 3 nitrogen and oxygen atoms in total. The van der Waals surface area contributed by atoms with Crippen molar-refractivity contribution in [2.45, 2.75) is 0 Å². The van der Waals surface area contributed by atoms with Crippen molar-refractivity contribution < 1.29 is 9.53 Å². The number of methoxy groups -OCH3 is 1. The van der Waals surface area contributed by atoms with E-state index < -0.39 is 0 Å². The number of rotatable bonds is 3. The fraction of sp³-hybridized carbons (Fsp3) is 0.0833. The Morgan fingerprint density at radius 2 is 2.11 bits per heavy atom. The molecule has 0 aliphatic heterocycles. The van der Waals surface area contributed by atoms with Gasteiger partial charge in [0.1, 0.15) is 5.75 Å². The number of benzene rings is 1. The molecule has 1 aromatic carbocycles. The van der Waals surface area contributed by atoms with Gasteiger partial charge >= 0.3 is 0 Å². The van der Waals surface area contributed by atoms with E-state index in [4.69, 9.17) is 16.3 Å². The van der Waals surface area contributed by atoms with Gasteiger partial charge in [0.05, 0.1) is 25.3 Å². The van der Waals surface area contributed by atoms with E-state index in [0.717, 1.165) is 7.57 Å². The molecule has 0 saturated heterocycles. The molecule has 2 rings (SSSR count). The summed E-state index contributed by atoms with van der Waals surface area (Å²) >= 11 is 14.1. The minimum Gasteiger partial charge on any atom is -0.495 e. The lowest BCUT2D eigenvalue weighted by Gasteiger charge is -2.08. The van der Waals surface area contributed by atoms with E-state index in [-0.39, 0.29) is 5.91 Å². The number of anilines is 1. The molecular formula is C12H8Br2ClNO2S. The molecule has 0 saturated carbocycles. The van der Waals surface area contributed by atoms with Gasteiger partial charge in [0, 0.05) is 11.8 Å². The lowest BCUT2D eigenvalue weighted by molar-refractivity contribution is 0.102. The Balaban J connectivity index is 2.21. The second kappa shape index (κ2) is 6.26. The Hall–Kier alpha value is -0.560. The van der Waals surface area contributed by atoms with Crippen molar-refractivity contribution in [3.8, 4) is 5.75 Å². The van der Waals surface area contributed by atoms with Crippen LogP contribution in [0.25, 0.3) is 0 Å². The van der Waals surface area contributed by atoms with Crippen molar-refractivity contribution in [1.29, 1.82) is 0 Å². The SMILES string of the molecule is COc1cc(NC(=O)c2cc(Br)sc2Br)ccc1Cl. The van der Waals surface area contributed by atoms with Crippen LogP contribution < -0.4 is 10.1 Å². The van der Waals surface area contributed by atoms with Crippen molar-refractivity contribution in [3.63, 3.8) is 0 Å². The first-order valence-electron chi connectivity index (χ1n) is 5.11. The average Bonchev–Trinajstić information content (AvgIpc) is 2.71. The third kappa shape index (κ3) is 3.51. The topological polar surface area (TPSA) is 38.3 Å². The van der Waals surface area contributed by atoms with Crippen LogP contribution in [-0.4, -0.2) is 13.0 Å². The average molecular weight is 426 g/mol. The van der Waals surface area contributed by atoms with Crippen molar-refractivity contribution in [1.82, 2.24) is 0 Å². The van der Waals surface area contributed by atoms with Gasteiger partial charge in [-0.1, -0.05) is 11.6 Å². The van der Waals surface area contributed by atoms with Crippen LogP contribution in [0.15, 0.2) is 31.8 Å². The lowest BCUT2D eigenvalue weighted by atomic mass is 10.2. The number of nitrogens with one attached hydrogen (secondary N) is 1. The summed E-state index contributed by atoms with van der Waals surface area (Å²) < 4.78 is 6.77. The van der Waals surface area contributed by atoms with Gasteiger partial charge in [-0.2, -0.15) is 0 Å². The van der Waals surface area contributed by atoms with E-state index in [1.54, 1.807) is 24.3 Å². The Morgan fingerprint density at radius 3 is 2.68 bits per heavy atom. The zero-order valence-corrected chi connectivity index (χ0v) is 14.4. The molecule has 0 bridgehead atoms. The van der Waals surface area contributed by atoms with E-state index in [0.29, 0.717) is 22.0 Å². The Kier molecular flexibility index (Phi) is 4.89. The molecule has 7 heteroatoms. The van der Waals surface area contributed by atoms with Crippen LogP contribution in [0.3, 0.4) is 0 Å². The number of halogens is 3. The van der Waals surface area contributed by atoms with E-state index in [1.165, 1.54) is 18.4 Å². The predicted molar refractivity (Wildman–Crippen MR) is 85.7 cm³/mol. The van der Waals surface area contributed by atoms with Gasteiger partial charge in [-0.05, 0) is 50.1 Å². The van der Waals surface area contributed by atoms with Crippen LogP contribution in [0.4, 0.5) is 5.69 Å². The number of hydrogen-bond acceptors (Lipinski definition) is 3. The molecule has 0 radical (unpaired) electrons. The highest BCUT2D eigenvalue weighted by atomic mass is 79.9. The maximum absolute atomic E-state index is 12.1. The molecule has 19 heavy (non-hydrogen) atoms. The van der Waals surface area contributed by atoms with Crippen LogP contribution in [0.2, 0.25) is 5.02 Å². The number of amides is 1. The third-order valence-corrected chi connectivity index (χ3v) is 4.96. The number of ether oxygens (including phenoxy) is 1. The summed E-state index contributed by atoms with van der Waals surface area (Å²) in [6.07, 6.45) is 0. The highest BCUT2D eigenvalue weighted by Gasteiger charge is 2.14. The second-order valence-corrected chi connectivity index (χ2v) is 7.70. The molecule has 0 fully saturated rings. The monoisotopic (exact) mass is 423 g/mol. The van der Waals surface area contributed by atoms with Gasteiger partial charge in [-0.3, -0.25) is 4.79 Å². The number of thiophene rings is 1. The molecule has 2 aromatic rings. The van der Waals surface area contributed by atoms with Crippen LogP contribution in [0.5, 0.6) is 5.75 Å². The van der Waals surface area contributed by atoms with E-state index in [1.807, 2.05) is 0 Å². The lowest BCUT2D eigenvalue weighted by Crippen LogP contribution is -2.11. The first-order chi connectivity index (χ1) is 9.01. The highest BCUT2D eigenvalue weighted by molar-refractivity contribution is 9.12. The van der Waals surface area contributed by atoms with E-state index in [9.17, 15) is 4.79 Å². The van der Waals surface area contributed by atoms with Gasteiger partial charge in [-0.15, -0.1) is 11.3 Å². The summed E-state index contributed by atoms with van der Waals surface area (Å²) in [5, 5.41) is 3.29. The van der Waals surface area contributed by atoms with Crippen molar-refractivity contribution in [3.05, 3.63) is 42.4 Å². The molecular weight excluding hydrogens is 417 g/mol. The summed E-state index contributed by atoms with van der Waals surface area (Å²) in [7, 11) is 1.53. The molecule has 1 heterocycles. The molecule has 1 N–H and O–H groups in total. The molecule has 0 spiro atoms. The first-order valence-corrected chi connectivity index (χ1v) is 7.89. The number of hydrogen-bond donors (Lipinski definition) is 1. The zero-order valence-electron chi connectivity index (χ0n) is 9.67. The maximum atomic E-state index is 12.1. The number of carbonyl (C=O) groups excluding carboxylic acids is 1. The summed E-state index contributed by atoms with van der Waals surface area (Å²) in [6.45, 7) is 0. The summed E-state index contributed by atoms with van der Waals surface area (Å²) in [6, 6.07) is 6.83. The van der Waals surface area contributed by atoms with E-state index >= 15 is 0 Å². The largest absolute Gasteiger partial charge is 0.495 e. The molecule has 0 aliphatic carbocycles. The normalized spacial score (nSPS) is 10.3. The summed E-state index contributed by atoms with van der Waals surface area (Å²) in [4.78, 5) is 12.1.